The first-order chi connectivity index (χ1) is 6.72. The molecule has 0 fully saturated rings. The third kappa shape index (κ3) is 3.49. The Labute approximate surface area is 87.2 Å². The summed E-state index contributed by atoms with van der Waals surface area (Å²) in [5, 5.41) is 36.0. The van der Waals surface area contributed by atoms with Crippen LogP contribution >= 0.6 is 0 Å². The molecule has 0 aromatic rings. The molecule has 0 radical (unpaired) electrons. The highest BCUT2D eigenvalue weighted by Crippen LogP contribution is 2.31. The molecule has 2 atom stereocenters. The van der Waals surface area contributed by atoms with Gasteiger partial charge >= 0.3 is 11.9 Å². The van der Waals surface area contributed by atoms with Crippen LogP contribution in [-0.2, 0) is 9.59 Å². The Hall–Kier alpha value is -1.14. The average Bonchev–Trinajstić information content (AvgIpc) is 1.99. The van der Waals surface area contributed by atoms with Gasteiger partial charge in [0, 0.05) is 0 Å². The molecular formula is C9H16O6. The molecule has 0 bridgehead atoms. The largest absolute Gasteiger partial charge is 0.480 e. The number of aliphatic hydroxyl groups is 2. The van der Waals surface area contributed by atoms with E-state index >= 15 is 0 Å². The fourth-order valence-electron chi connectivity index (χ4n) is 1.53. The van der Waals surface area contributed by atoms with E-state index in [1.807, 2.05) is 0 Å². The number of carboxylic acids is 2. The van der Waals surface area contributed by atoms with Gasteiger partial charge in [-0.15, -0.1) is 0 Å². The monoisotopic (exact) mass is 220 g/mol. The van der Waals surface area contributed by atoms with Crippen LogP contribution in [0.25, 0.3) is 0 Å². The molecule has 0 heterocycles. The summed E-state index contributed by atoms with van der Waals surface area (Å²) in [4.78, 5) is 21.9. The summed E-state index contributed by atoms with van der Waals surface area (Å²) in [7, 11) is 0. The number of hydrogen-bond acceptors (Lipinski definition) is 4. The minimum absolute atomic E-state index is 0.428. The van der Waals surface area contributed by atoms with Crippen molar-refractivity contribution in [3.05, 3.63) is 0 Å². The molecule has 0 aromatic heterocycles. The first-order valence-electron chi connectivity index (χ1n) is 4.55. The number of hydrogen-bond donors (Lipinski definition) is 4. The van der Waals surface area contributed by atoms with Crippen molar-refractivity contribution in [3.63, 3.8) is 0 Å². The third-order valence-corrected chi connectivity index (χ3v) is 2.11. The Morgan fingerprint density at radius 3 is 1.40 bits per heavy atom. The molecule has 0 aliphatic rings. The summed E-state index contributed by atoms with van der Waals surface area (Å²) in [5.41, 5.74) is -2.12. The van der Waals surface area contributed by atoms with Crippen molar-refractivity contribution in [1.29, 1.82) is 0 Å². The van der Waals surface area contributed by atoms with Gasteiger partial charge in [0.05, 0.1) is 12.2 Å². The van der Waals surface area contributed by atoms with Gasteiger partial charge in [0.25, 0.3) is 0 Å². The molecule has 0 saturated heterocycles. The molecule has 6 heteroatoms. The molecular weight excluding hydrogens is 204 g/mol. The Bertz CT molecular complexity index is 219. The van der Waals surface area contributed by atoms with Crippen LogP contribution in [0.3, 0.4) is 0 Å². The zero-order valence-electron chi connectivity index (χ0n) is 8.67. The maximum atomic E-state index is 10.9. The SMILES string of the molecule is CC(O)CC(CC(C)O)(C(=O)O)C(=O)O. The lowest BCUT2D eigenvalue weighted by Gasteiger charge is -2.27. The van der Waals surface area contributed by atoms with Crippen molar-refractivity contribution >= 4 is 11.9 Å². The van der Waals surface area contributed by atoms with Gasteiger partial charge in [0.15, 0.2) is 5.41 Å². The van der Waals surface area contributed by atoms with Crippen LogP contribution in [0.1, 0.15) is 26.7 Å². The average molecular weight is 220 g/mol. The molecule has 0 spiro atoms. The molecule has 0 saturated carbocycles. The minimum atomic E-state index is -2.12. The molecule has 0 aromatic carbocycles. The highest BCUT2D eigenvalue weighted by molar-refractivity contribution is 5.98. The van der Waals surface area contributed by atoms with Crippen LogP contribution in [0.15, 0.2) is 0 Å². The van der Waals surface area contributed by atoms with Crippen molar-refractivity contribution in [2.45, 2.75) is 38.9 Å². The zero-order chi connectivity index (χ0) is 12.2. The summed E-state index contributed by atoms with van der Waals surface area (Å²) >= 11 is 0. The van der Waals surface area contributed by atoms with Gasteiger partial charge in [-0.3, -0.25) is 9.59 Å². The third-order valence-electron chi connectivity index (χ3n) is 2.11. The maximum Gasteiger partial charge on any atom is 0.321 e. The van der Waals surface area contributed by atoms with Crippen LogP contribution in [0.5, 0.6) is 0 Å². The van der Waals surface area contributed by atoms with Crippen LogP contribution < -0.4 is 0 Å². The van der Waals surface area contributed by atoms with Gasteiger partial charge in [-0.05, 0) is 26.7 Å². The summed E-state index contributed by atoms with van der Waals surface area (Å²) in [6.45, 7) is 2.62. The van der Waals surface area contributed by atoms with Crippen LogP contribution in [0.4, 0.5) is 0 Å². The van der Waals surface area contributed by atoms with Crippen molar-refractivity contribution in [3.8, 4) is 0 Å². The van der Waals surface area contributed by atoms with E-state index < -0.39 is 42.4 Å². The quantitative estimate of drug-likeness (QED) is 0.456. The molecule has 2 unspecified atom stereocenters. The number of carbonyl (C=O) groups is 2. The van der Waals surface area contributed by atoms with E-state index in [4.69, 9.17) is 20.4 Å². The Balaban J connectivity index is 5.08. The molecule has 6 nitrogen and oxygen atoms in total. The van der Waals surface area contributed by atoms with Crippen LogP contribution in [-0.4, -0.2) is 44.6 Å². The molecule has 0 amide bonds. The fourth-order valence-corrected chi connectivity index (χ4v) is 1.53. The summed E-state index contributed by atoms with van der Waals surface area (Å²) in [6.07, 6.45) is -2.97. The van der Waals surface area contributed by atoms with E-state index in [9.17, 15) is 9.59 Å². The van der Waals surface area contributed by atoms with Gasteiger partial charge in [-0.25, -0.2) is 0 Å². The first-order valence-corrected chi connectivity index (χ1v) is 4.55. The summed E-state index contributed by atoms with van der Waals surface area (Å²) in [5.74, 6) is -3.09. The topological polar surface area (TPSA) is 115 Å². The van der Waals surface area contributed by atoms with E-state index in [1.165, 1.54) is 13.8 Å². The normalized spacial score (nSPS) is 15.7. The zero-order valence-corrected chi connectivity index (χ0v) is 8.67. The molecule has 4 N–H and O–H groups in total. The Kier molecular flexibility index (Phi) is 4.70. The van der Waals surface area contributed by atoms with E-state index in [-0.39, 0.29) is 0 Å². The van der Waals surface area contributed by atoms with Gasteiger partial charge in [0.1, 0.15) is 0 Å². The van der Waals surface area contributed by atoms with Gasteiger partial charge in [-0.2, -0.15) is 0 Å². The standard InChI is InChI=1S/C9H16O6/c1-5(10)3-9(7(12)13,8(14)15)4-6(2)11/h5-6,10-11H,3-4H2,1-2H3,(H,12,13)(H,14,15). The number of carboxylic acid groups (broad SMARTS) is 2. The van der Waals surface area contributed by atoms with Gasteiger partial charge in [-0.1, -0.05) is 0 Å². The van der Waals surface area contributed by atoms with Crippen molar-refractivity contribution in [2.75, 3.05) is 0 Å². The first kappa shape index (κ1) is 13.9. The van der Waals surface area contributed by atoms with E-state index in [2.05, 4.69) is 0 Å². The maximum absolute atomic E-state index is 10.9. The van der Waals surface area contributed by atoms with Crippen molar-refractivity contribution in [1.82, 2.24) is 0 Å². The number of rotatable bonds is 6. The van der Waals surface area contributed by atoms with E-state index in [0.717, 1.165) is 0 Å². The second-order valence-electron chi connectivity index (χ2n) is 3.80. The highest BCUT2D eigenvalue weighted by Gasteiger charge is 2.48. The molecule has 0 rings (SSSR count). The molecule has 88 valence electrons. The van der Waals surface area contributed by atoms with Gasteiger partial charge < -0.3 is 20.4 Å². The fraction of sp³-hybridized carbons (Fsp3) is 0.778. The second-order valence-corrected chi connectivity index (χ2v) is 3.80. The summed E-state index contributed by atoms with van der Waals surface area (Å²) < 4.78 is 0. The minimum Gasteiger partial charge on any atom is -0.480 e. The predicted molar refractivity (Wildman–Crippen MR) is 50.3 cm³/mol. The smallest absolute Gasteiger partial charge is 0.321 e. The molecule has 0 aliphatic heterocycles. The Morgan fingerprint density at radius 2 is 1.27 bits per heavy atom. The summed E-state index contributed by atoms with van der Waals surface area (Å²) in [6, 6.07) is 0. The lowest BCUT2D eigenvalue weighted by Crippen LogP contribution is -2.43. The Morgan fingerprint density at radius 1 is 1.00 bits per heavy atom. The molecule has 15 heavy (non-hydrogen) atoms. The predicted octanol–water partition coefficient (Wildman–Crippen LogP) is -0.316. The van der Waals surface area contributed by atoms with Crippen LogP contribution in [0.2, 0.25) is 0 Å². The van der Waals surface area contributed by atoms with Crippen molar-refractivity contribution < 1.29 is 30.0 Å². The highest BCUT2D eigenvalue weighted by atomic mass is 16.4. The van der Waals surface area contributed by atoms with Gasteiger partial charge in [0.2, 0.25) is 0 Å². The van der Waals surface area contributed by atoms with E-state index in [0.29, 0.717) is 0 Å². The lowest BCUT2D eigenvalue weighted by atomic mass is 9.78. The van der Waals surface area contributed by atoms with Crippen LogP contribution in [0, 0.1) is 5.41 Å². The second kappa shape index (κ2) is 5.09. The number of aliphatic hydroxyl groups excluding tert-OH is 2. The number of aliphatic carboxylic acids is 2. The van der Waals surface area contributed by atoms with Crippen molar-refractivity contribution in [2.24, 2.45) is 5.41 Å². The van der Waals surface area contributed by atoms with E-state index in [1.54, 1.807) is 0 Å². The lowest BCUT2D eigenvalue weighted by molar-refractivity contribution is -0.169. The molecule has 0 aliphatic carbocycles.